The van der Waals surface area contributed by atoms with Crippen LogP contribution in [0.5, 0.6) is 0 Å². The maximum absolute atomic E-state index is 3.61. The SMILES string of the molecule is CCNC1CCC(N2CCCC(CC)C2)C1. The Morgan fingerprint density at radius 1 is 1.19 bits per heavy atom. The summed E-state index contributed by atoms with van der Waals surface area (Å²) in [6.07, 6.45) is 8.49. The molecule has 2 rings (SSSR count). The van der Waals surface area contributed by atoms with Gasteiger partial charge in [-0.15, -0.1) is 0 Å². The second-order valence-corrected chi connectivity index (χ2v) is 5.63. The van der Waals surface area contributed by atoms with Crippen molar-refractivity contribution in [1.82, 2.24) is 10.2 Å². The summed E-state index contributed by atoms with van der Waals surface area (Å²) in [5.74, 6) is 0.979. The Bertz CT molecular complexity index is 205. The summed E-state index contributed by atoms with van der Waals surface area (Å²) >= 11 is 0. The molecule has 2 heteroatoms. The Kier molecular flexibility index (Phi) is 4.66. The summed E-state index contributed by atoms with van der Waals surface area (Å²) in [4.78, 5) is 2.79. The lowest BCUT2D eigenvalue weighted by molar-refractivity contribution is 0.122. The Morgan fingerprint density at radius 2 is 2.06 bits per heavy atom. The van der Waals surface area contributed by atoms with E-state index in [0.29, 0.717) is 0 Å². The van der Waals surface area contributed by atoms with Crippen molar-refractivity contribution in [2.75, 3.05) is 19.6 Å². The van der Waals surface area contributed by atoms with E-state index in [2.05, 4.69) is 24.1 Å². The topological polar surface area (TPSA) is 15.3 Å². The lowest BCUT2D eigenvalue weighted by Gasteiger charge is -2.36. The Hall–Kier alpha value is -0.0800. The van der Waals surface area contributed by atoms with Crippen molar-refractivity contribution in [3.63, 3.8) is 0 Å². The molecule has 3 unspecified atom stereocenters. The zero-order chi connectivity index (χ0) is 11.4. The molecule has 1 N–H and O–H groups in total. The van der Waals surface area contributed by atoms with Gasteiger partial charge in [-0.3, -0.25) is 0 Å². The van der Waals surface area contributed by atoms with Crippen molar-refractivity contribution < 1.29 is 0 Å². The first-order valence-electron chi connectivity index (χ1n) is 7.30. The highest BCUT2D eigenvalue weighted by Gasteiger charge is 2.31. The third-order valence-electron chi connectivity index (χ3n) is 4.54. The maximum atomic E-state index is 3.61. The number of likely N-dealkylation sites (tertiary alicyclic amines) is 1. The molecule has 0 aromatic rings. The molecule has 2 fully saturated rings. The molecule has 16 heavy (non-hydrogen) atoms. The van der Waals surface area contributed by atoms with Crippen LogP contribution in [0.3, 0.4) is 0 Å². The van der Waals surface area contributed by atoms with Crippen molar-refractivity contribution >= 4 is 0 Å². The molecule has 1 saturated heterocycles. The Balaban J connectivity index is 1.79. The standard InChI is InChI=1S/C14H28N2/c1-3-12-6-5-9-16(11-12)14-8-7-13(10-14)15-4-2/h12-15H,3-11H2,1-2H3. The van der Waals surface area contributed by atoms with Gasteiger partial charge < -0.3 is 10.2 Å². The van der Waals surface area contributed by atoms with Crippen LogP contribution in [0.4, 0.5) is 0 Å². The van der Waals surface area contributed by atoms with Crippen LogP contribution in [-0.4, -0.2) is 36.6 Å². The zero-order valence-electron chi connectivity index (χ0n) is 11.0. The smallest absolute Gasteiger partial charge is 0.0111 e. The minimum absolute atomic E-state index is 0.803. The molecule has 0 aromatic heterocycles. The summed E-state index contributed by atoms with van der Waals surface area (Å²) < 4.78 is 0. The van der Waals surface area contributed by atoms with Gasteiger partial charge in [0.2, 0.25) is 0 Å². The van der Waals surface area contributed by atoms with Crippen LogP contribution < -0.4 is 5.32 Å². The summed E-state index contributed by atoms with van der Waals surface area (Å²) in [7, 11) is 0. The Morgan fingerprint density at radius 3 is 2.81 bits per heavy atom. The fraction of sp³-hybridized carbons (Fsp3) is 1.00. The van der Waals surface area contributed by atoms with Crippen LogP contribution in [0.2, 0.25) is 0 Å². The molecule has 0 spiro atoms. The highest BCUT2D eigenvalue weighted by molar-refractivity contribution is 4.88. The van der Waals surface area contributed by atoms with Gasteiger partial charge in [0.05, 0.1) is 0 Å². The highest BCUT2D eigenvalue weighted by Crippen LogP contribution is 2.29. The van der Waals surface area contributed by atoms with Crippen LogP contribution in [0.25, 0.3) is 0 Å². The van der Waals surface area contributed by atoms with Gasteiger partial charge in [0, 0.05) is 18.6 Å². The van der Waals surface area contributed by atoms with E-state index in [1.165, 1.54) is 51.6 Å². The minimum atomic E-state index is 0.803. The number of nitrogens with one attached hydrogen (secondary N) is 1. The predicted molar refractivity (Wildman–Crippen MR) is 69.7 cm³/mol. The molecule has 0 aromatic carbocycles. The molecular formula is C14H28N2. The van der Waals surface area contributed by atoms with Crippen LogP contribution in [0.15, 0.2) is 0 Å². The quantitative estimate of drug-likeness (QED) is 0.790. The summed E-state index contributed by atoms with van der Waals surface area (Å²) in [5.41, 5.74) is 0. The third kappa shape index (κ3) is 2.98. The second kappa shape index (κ2) is 6.02. The predicted octanol–water partition coefficient (Wildman–Crippen LogP) is 2.64. The average Bonchev–Trinajstić information content (AvgIpc) is 2.78. The molecule has 1 aliphatic carbocycles. The van der Waals surface area contributed by atoms with E-state index in [1.54, 1.807) is 0 Å². The summed E-state index contributed by atoms with van der Waals surface area (Å²) in [6, 6.07) is 1.69. The van der Waals surface area contributed by atoms with E-state index in [0.717, 1.165) is 24.5 Å². The fourth-order valence-electron chi connectivity index (χ4n) is 3.53. The zero-order valence-corrected chi connectivity index (χ0v) is 11.0. The molecule has 0 amide bonds. The van der Waals surface area contributed by atoms with E-state index in [4.69, 9.17) is 0 Å². The van der Waals surface area contributed by atoms with Crippen molar-refractivity contribution in [3.05, 3.63) is 0 Å². The first-order chi connectivity index (χ1) is 7.83. The molecule has 1 aliphatic heterocycles. The summed E-state index contributed by atoms with van der Waals surface area (Å²) in [5, 5.41) is 3.61. The lowest BCUT2D eigenvalue weighted by atomic mass is 9.94. The molecular weight excluding hydrogens is 196 g/mol. The van der Waals surface area contributed by atoms with E-state index in [9.17, 15) is 0 Å². The van der Waals surface area contributed by atoms with Crippen molar-refractivity contribution in [3.8, 4) is 0 Å². The van der Waals surface area contributed by atoms with E-state index >= 15 is 0 Å². The Labute approximate surface area is 101 Å². The molecule has 2 nitrogen and oxygen atoms in total. The normalized spacial score (nSPS) is 36.8. The molecule has 0 radical (unpaired) electrons. The van der Waals surface area contributed by atoms with Crippen LogP contribution >= 0.6 is 0 Å². The molecule has 1 heterocycles. The highest BCUT2D eigenvalue weighted by atomic mass is 15.2. The van der Waals surface area contributed by atoms with Gasteiger partial charge in [0.25, 0.3) is 0 Å². The molecule has 2 aliphatic rings. The van der Waals surface area contributed by atoms with E-state index in [1.807, 2.05) is 0 Å². The van der Waals surface area contributed by atoms with Gasteiger partial charge in [-0.25, -0.2) is 0 Å². The van der Waals surface area contributed by atoms with E-state index < -0.39 is 0 Å². The van der Waals surface area contributed by atoms with Crippen LogP contribution in [0.1, 0.15) is 52.4 Å². The van der Waals surface area contributed by atoms with Crippen LogP contribution in [-0.2, 0) is 0 Å². The van der Waals surface area contributed by atoms with Crippen molar-refractivity contribution in [2.45, 2.75) is 64.5 Å². The second-order valence-electron chi connectivity index (χ2n) is 5.63. The summed E-state index contributed by atoms with van der Waals surface area (Å²) in [6.45, 7) is 8.45. The van der Waals surface area contributed by atoms with Gasteiger partial charge >= 0.3 is 0 Å². The maximum Gasteiger partial charge on any atom is 0.0111 e. The average molecular weight is 224 g/mol. The van der Waals surface area contributed by atoms with Gasteiger partial charge in [-0.1, -0.05) is 20.3 Å². The van der Waals surface area contributed by atoms with Crippen molar-refractivity contribution in [1.29, 1.82) is 0 Å². The first-order valence-corrected chi connectivity index (χ1v) is 7.30. The monoisotopic (exact) mass is 224 g/mol. The molecule has 0 bridgehead atoms. The fourth-order valence-corrected chi connectivity index (χ4v) is 3.53. The molecule has 94 valence electrons. The minimum Gasteiger partial charge on any atom is -0.314 e. The third-order valence-corrected chi connectivity index (χ3v) is 4.54. The largest absolute Gasteiger partial charge is 0.314 e. The number of hydrogen-bond acceptors (Lipinski definition) is 2. The van der Waals surface area contributed by atoms with Gasteiger partial charge in [0.15, 0.2) is 0 Å². The number of piperidine rings is 1. The first kappa shape index (κ1) is 12.4. The number of hydrogen-bond donors (Lipinski definition) is 1. The number of rotatable bonds is 4. The van der Waals surface area contributed by atoms with Gasteiger partial charge in [0.1, 0.15) is 0 Å². The van der Waals surface area contributed by atoms with Crippen LogP contribution in [0, 0.1) is 5.92 Å². The van der Waals surface area contributed by atoms with Gasteiger partial charge in [-0.05, 0) is 51.1 Å². The molecule has 1 saturated carbocycles. The van der Waals surface area contributed by atoms with Gasteiger partial charge in [-0.2, -0.15) is 0 Å². The number of nitrogens with zero attached hydrogens (tertiary/aromatic N) is 1. The lowest BCUT2D eigenvalue weighted by Crippen LogP contribution is -2.42. The van der Waals surface area contributed by atoms with E-state index in [-0.39, 0.29) is 0 Å². The molecule has 3 atom stereocenters. The van der Waals surface area contributed by atoms with Crippen molar-refractivity contribution in [2.24, 2.45) is 5.92 Å².